The van der Waals surface area contributed by atoms with Crippen LogP contribution in [0.25, 0.3) is 0 Å². The van der Waals surface area contributed by atoms with Crippen LogP contribution in [0.4, 0.5) is 0 Å². The summed E-state index contributed by atoms with van der Waals surface area (Å²) in [6, 6.07) is 0.246. The van der Waals surface area contributed by atoms with Gasteiger partial charge >= 0.3 is 5.97 Å². The lowest BCUT2D eigenvalue weighted by Crippen LogP contribution is -2.52. The quantitative estimate of drug-likeness (QED) is 0.693. The van der Waals surface area contributed by atoms with Gasteiger partial charge < -0.3 is 5.11 Å². The first kappa shape index (κ1) is 13.4. The van der Waals surface area contributed by atoms with Crippen LogP contribution in [-0.2, 0) is 4.79 Å². The minimum Gasteiger partial charge on any atom is -0.480 e. The van der Waals surface area contributed by atoms with Gasteiger partial charge in [0, 0.05) is 6.04 Å². The number of carboxylic acids is 1. The second-order valence-corrected chi connectivity index (χ2v) is 4.67. The number of aliphatic carboxylic acids is 1. The summed E-state index contributed by atoms with van der Waals surface area (Å²) < 4.78 is 0. The Balaban J connectivity index is 4.24. The Morgan fingerprint density at radius 1 is 1.43 bits per heavy atom. The average molecular weight is 201 g/mol. The molecule has 0 saturated carbocycles. The van der Waals surface area contributed by atoms with Crippen molar-refractivity contribution >= 4 is 5.97 Å². The largest absolute Gasteiger partial charge is 0.480 e. The Morgan fingerprint density at radius 2 is 1.93 bits per heavy atom. The Bertz CT molecular complexity index is 192. The summed E-state index contributed by atoms with van der Waals surface area (Å²) in [5.41, 5.74) is -0.783. The molecule has 2 unspecified atom stereocenters. The Labute approximate surface area is 86.9 Å². The molecule has 84 valence electrons. The highest BCUT2D eigenvalue weighted by molar-refractivity contribution is 5.78. The summed E-state index contributed by atoms with van der Waals surface area (Å²) in [6.07, 6.45) is 1.60. The van der Waals surface area contributed by atoms with Gasteiger partial charge in [-0.05, 0) is 32.6 Å². The number of hydrogen-bond acceptors (Lipinski definition) is 2. The van der Waals surface area contributed by atoms with E-state index < -0.39 is 11.5 Å². The predicted octanol–water partition coefficient (Wildman–Crippen LogP) is 2.26. The van der Waals surface area contributed by atoms with Crippen LogP contribution in [0, 0.1) is 5.92 Å². The number of hydrogen-bond donors (Lipinski definition) is 2. The zero-order valence-corrected chi connectivity index (χ0v) is 9.92. The highest BCUT2D eigenvalue weighted by Crippen LogP contribution is 2.13. The molecule has 0 aromatic carbocycles. The van der Waals surface area contributed by atoms with E-state index in [4.69, 9.17) is 5.11 Å². The van der Waals surface area contributed by atoms with E-state index in [2.05, 4.69) is 19.2 Å². The normalized spacial score (nSPS) is 17.9. The SMILES string of the molecule is CCC(C)(NC(C)CC(C)C)C(=O)O. The Morgan fingerprint density at radius 3 is 2.21 bits per heavy atom. The van der Waals surface area contributed by atoms with E-state index in [0.29, 0.717) is 12.3 Å². The molecule has 0 fully saturated rings. The van der Waals surface area contributed by atoms with Crippen molar-refractivity contribution in [1.82, 2.24) is 5.32 Å². The Kier molecular flexibility index (Phi) is 5.13. The molecule has 0 radical (unpaired) electrons. The molecular formula is C11H23NO2. The van der Waals surface area contributed by atoms with Gasteiger partial charge in [0.25, 0.3) is 0 Å². The fourth-order valence-electron chi connectivity index (χ4n) is 1.62. The van der Waals surface area contributed by atoms with Crippen LogP contribution >= 0.6 is 0 Å². The molecule has 0 aliphatic rings. The van der Waals surface area contributed by atoms with Crippen LogP contribution in [0.1, 0.15) is 47.5 Å². The molecule has 14 heavy (non-hydrogen) atoms. The standard InChI is InChI=1S/C11H23NO2/c1-6-11(5,10(13)14)12-9(4)7-8(2)3/h8-9,12H,6-7H2,1-5H3,(H,13,14). The van der Waals surface area contributed by atoms with Crippen molar-refractivity contribution in [2.45, 2.75) is 59.0 Å². The lowest BCUT2D eigenvalue weighted by Gasteiger charge is -2.29. The lowest BCUT2D eigenvalue weighted by molar-refractivity contribution is -0.144. The predicted molar refractivity (Wildman–Crippen MR) is 58.4 cm³/mol. The topological polar surface area (TPSA) is 49.3 Å². The summed E-state index contributed by atoms with van der Waals surface area (Å²) in [5.74, 6) is -0.178. The molecule has 0 aliphatic heterocycles. The number of carboxylic acid groups (broad SMARTS) is 1. The number of rotatable bonds is 6. The van der Waals surface area contributed by atoms with Crippen molar-refractivity contribution in [3.8, 4) is 0 Å². The first-order valence-electron chi connectivity index (χ1n) is 5.33. The summed E-state index contributed by atoms with van der Waals surface area (Å²) >= 11 is 0. The molecule has 0 amide bonds. The first-order valence-corrected chi connectivity index (χ1v) is 5.33. The van der Waals surface area contributed by atoms with Gasteiger partial charge in [-0.3, -0.25) is 10.1 Å². The van der Waals surface area contributed by atoms with Crippen LogP contribution in [0.5, 0.6) is 0 Å². The van der Waals surface area contributed by atoms with Crippen LogP contribution in [-0.4, -0.2) is 22.7 Å². The maximum atomic E-state index is 11.0. The molecule has 0 aromatic rings. The molecule has 3 nitrogen and oxygen atoms in total. The molecule has 2 atom stereocenters. The van der Waals surface area contributed by atoms with Gasteiger partial charge in [0.05, 0.1) is 0 Å². The third-order valence-corrected chi connectivity index (χ3v) is 2.57. The minimum absolute atomic E-state index is 0.246. The zero-order valence-electron chi connectivity index (χ0n) is 9.92. The van der Waals surface area contributed by atoms with E-state index in [0.717, 1.165) is 6.42 Å². The molecular weight excluding hydrogens is 178 g/mol. The van der Waals surface area contributed by atoms with E-state index in [9.17, 15) is 4.79 Å². The van der Waals surface area contributed by atoms with Gasteiger partial charge in [0.15, 0.2) is 0 Å². The van der Waals surface area contributed by atoms with Gasteiger partial charge in [-0.15, -0.1) is 0 Å². The maximum Gasteiger partial charge on any atom is 0.323 e. The average Bonchev–Trinajstić information content (AvgIpc) is 2.01. The second-order valence-electron chi connectivity index (χ2n) is 4.67. The highest BCUT2D eigenvalue weighted by Gasteiger charge is 2.31. The monoisotopic (exact) mass is 201 g/mol. The lowest BCUT2D eigenvalue weighted by atomic mass is 9.95. The first-order chi connectivity index (χ1) is 6.31. The third kappa shape index (κ3) is 4.09. The van der Waals surface area contributed by atoms with Crippen molar-refractivity contribution in [3.05, 3.63) is 0 Å². The van der Waals surface area contributed by atoms with Gasteiger partial charge in [0.1, 0.15) is 5.54 Å². The zero-order chi connectivity index (χ0) is 11.4. The smallest absolute Gasteiger partial charge is 0.323 e. The van der Waals surface area contributed by atoms with Gasteiger partial charge in [-0.25, -0.2) is 0 Å². The summed E-state index contributed by atoms with van der Waals surface area (Å²) in [7, 11) is 0. The van der Waals surface area contributed by atoms with Gasteiger partial charge in [-0.2, -0.15) is 0 Å². The summed E-state index contributed by atoms with van der Waals surface area (Å²) in [6.45, 7) is 9.96. The van der Waals surface area contributed by atoms with Gasteiger partial charge in [0.2, 0.25) is 0 Å². The molecule has 0 aliphatic carbocycles. The van der Waals surface area contributed by atoms with E-state index in [-0.39, 0.29) is 6.04 Å². The number of carbonyl (C=O) groups is 1. The summed E-state index contributed by atoms with van der Waals surface area (Å²) in [5, 5.41) is 12.2. The molecule has 0 heterocycles. The fourth-order valence-corrected chi connectivity index (χ4v) is 1.62. The van der Waals surface area contributed by atoms with Crippen LogP contribution < -0.4 is 5.32 Å². The van der Waals surface area contributed by atoms with Gasteiger partial charge in [-0.1, -0.05) is 20.8 Å². The molecule has 0 rings (SSSR count). The molecule has 2 N–H and O–H groups in total. The van der Waals surface area contributed by atoms with E-state index in [1.54, 1.807) is 6.92 Å². The second kappa shape index (κ2) is 5.35. The molecule has 3 heteroatoms. The fraction of sp³-hybridized carbons (Fsp3) is 0.909. The van der Waals surface area contributed by atoms with E-state index in [1.165, 1.54) is 0 Å². The maximum absolute atomic E-state index is 11.0. The van der Waals surface area contributed by atoms with Crippen molar-refractivity contribution in [2.75, 3.05) is 0 Å². The molecule has 0 spiro atoms. The van der Waals surface area contributed by atoms with Crippen LogP contribution in [0.2, 0.25) is 0 Å². The van der Waals surface area contributed by atoms with E-state index >= 15 is 0 Å². The van der Waals surface area contributed by atoms with Crippen molar-refractivity contribution in [3.63, 3.8) is 0 Å². The summed E-state index contributed by atoms with van der Waals surface area (Å²) in [4.78, 5) is 11.0. The number of nitrogens with one attached hydrogen (secondary N) is 1. The van der Waals surface area contributed by atoms with E-state index in [1.807, 2.05) is 13.8 Å². The minimum atomic E-state index is -0.783. The van der Waals surface area contributed by atoms with Crippen molar-refractivity contribution < 1.29 is 9.90 Å². The molecule has 0 aromatic heterocycles. The third-order valence-electron chi connectivity index (χ3n) is 2.57. The Hall–Kier alpha value is -0.570. The molecule has 0 bridgehead atoms. The van der Waals surface area contributed by atoms with Crippen LogP contribution in [0.15, 0.2) is 0 Å². The van der Waals surface area contributed by atoms with Crippen molar-refractivity contribution in [1.29, 1.82) is 0 Å². The van der Waals surface area contributed by atoms with Crippen LogP contribution in [0.3, 0.4) is 0 Å². The molecule has 0 saturated heterocycles. The van der Waals surface area contributed by atoms with Crippen molar-refractivity contribution in [2.24, 2.45) is 5.92 Å². The highest BCUT2D eigenvalue weighted by atomic mass is 16.4.